The number of nitrogens with two attached hydrogens (primary N) is 1. The van der Waals surface area contributed by atoms with Gasteiger partial charge in [-0.2, -0.15) is 0 Å². The molecule has 106 valence electrons. The zero-order valence-corrected chi connectivity index (χ0v) is 11.9. The van der Waals surface area contributed by atoms with Gasteiger partial charge < -0.3 is 10.3 Å². The minimum absolute atomic E-state index is 0.298. The lowest BCUT2D eigenvalue weighted by atomic mass is 10.1. The van der Waals surface area contributed by atoms with Gasteiger partial charge in [0.05, 0.1) is 17.9 Å². The Morgan fingerprint density at radius 2 is 1.90 bits per heavy atom. The SMILES string of the molecule is Nc1c(-c2ccc(F)cc2Cl)ncn1Cc1ccccc1. The summed E-state index contributed by atoms with van der Waals surface area (Å²) in [7, 11) is 0. The van der Waals surface area contributed by atoms with Crippen LogP contribution >= 0.6 is 11.6 Å². The zero-order valence-electron chi connectivity index (χ0n) is 11.1. The number of benzene rings is 2. The Hall–Kier alpha value is -2.33. The molecule has 0 saturated heterocycles. The van der Waals surface area contributed by atoms with E-state index in [1.165, 1.54) is 12.1 Å². The van der Waals surface area contributed by atoms with Crippen LogP contribution in [0.1, 0.15) is 5.56 Å². The van der Waals surface area contributed by atoms with Gasteiger partial charge in [0.1, 0.15) is 17.3 Å². The lowest BCUT2D eigenvalue weighted by Gasteiger charge is -2.07. The largest absolute Gasteiger partial charge is 0.383 e. The zero-order chi connectivity index (χ0) is 14.8. The van der Waals surface area contributed by atoms with Crippen molar-refractivity contribution in [3.8, 4) is 11.3 Å². The van der Waals surface area contributed by atoms with E-state index >= 15 is 0 Å². The predicted molar refractivity (Wildman–Crippen MR) is 82.6 cm³/mol. The number of nitrogen functional groups attached to an aromatic ring is 1. The molecule has 0 unspecified atom stereocenters. The number of hydrogen-bond donors (Lipinski definition) is 1. The summed E-state index contributed by atoms with van der Waals surface area (Å²) in [6, 6.07) is 14.1. The van der Waals surface area contributed by atoms with Crippen molar-refractivity contribution in [1.29, 1.82) is 0 Å². The number of anilines is 1. The lowest BCUT2D eigenvalue weighted by molar-refractivity contribution is 0.628. The highest BCUT2D eigenvalue weighted by molar-refractivity contribution is 6.33. The summed E-state index contributed by atoms with van der Waals surface area (Å²) in [6.45, 7) is 0.623. The van der Waals surface area contributed by atoms with Crippen LogP contribution in [0.25, 0.3) is 11.3 Å². The Labute approximate surface area is 126 Å². The molecule has 0 radical (unpaired) electrons. The van der Waals surface area contributed by atoms with Gasteiger partial charge in [-0.05, 0) is 23.8 Å². The highest BCUT2D eigenvalue weighted by Crippen LogP contribution is 2.31. The van der Waals surface area contributed by atoms with Crippen LogP contribution in [0, 0.1) is 5.82 Å². The molecule has 1 heterocycles. The Balaban J connectivity index is 1.96. The molecule has 5 heteroatoms. The topological polar surface area (TPSA) is 43.8 Å². The normalized spacial score (nSPS) is 10.8. The molecule has 0 saturated carbocycles. The van der Waals surface area contributed by atoms with E-state index in [0.29, 0.717) is 28.6 Å². The summed E-state index contributed by atoms with van der Waals surface area (Å²) in [4.78, 5) is 4.30. The van der Waals surface area contributed by atoms with Gasteiger partial charge in [-0.3, -0.25) is 0 Å². The van der Waals surface area contributed by atoms with Gasteiger partial charge in [-0.25, -0.2) is 9.37 Å². The van der Waals surface area contributed by atoms with E-state index in [9.17, 15) is 4.39 Å². The predicted octanol–water partition coefficient (Wildman–Crippen LogP) is 3.97. The molecule has 0 atom stereocenters. The number of nitrogens with zero attached hydrogens (tertiary/aromatic N) is 2. The van der Waals surface area contributed by atoms with Crippen molar-refractivity contribution >= 4 is 17.4 Å². The quantitative estimate of drug-likeness (QED) is 0.795. The molecule has 0 aliphatic rings. The monoisotopic (exact) mass is 301 g/mol. The van der Waals surface area contributed by atoms with Crippen molar-refractivity contribution in [2.75, 3.05) is 5.73 Å². The first-order chi connectivity index (χ1) is 10.1. The fourth-order valence-electron chi connectivity index (χ4n) is 2.19. The fourth-order valence-corrected chi connectivity index (χ4v) is 2.44. The van der Waals surface area contributed by atoms with Crippen molar-refractivity contribution < 1.29 is 4.39 Å². The van der Waals surface area contributed by atoms with Gasteiger partial charge in [0, 0.05) is 5.56 Å². The molecule has 0 fully saturated rings. The number of halogens is 2. The van der Waals surface area contributed by atoms with Crippen LogP contribution in [0.2, 0.25) is 5.02 Å². The number of aromatic nitrogens is 2. The molecular weight excluding hydrogens is 289 g/mol. The molecule has 3 nitrogen and oxygen atoms in total. The summed E-state index contributed by atoms with van der Waals surface area (Å²) in [5, 5.41) is 0.298. The summed E-state index contributed by atoms with van der Waals surface area (Å²) in [6.07, 6.45) is 1.66. The molecule has 0 amide bonds. The second kappa shape index (κ2) is 5.58. The van der Waals surface area contributed by atoms with Crippen LogP contribution in [-0.4, -0.2) is 9.55 Å². The third kappa shape index (κ3) is 2.76. The maximum atomic E-state index is 13.1. The van der Waals surface area contributed by atoms with Crippen LogP contribution in [0.15, 0.2) is 54.9 Å². The molecule has 1 aromatic heterocycles. The van der Waals surface area contributed by atoms with E-state index in [2.05, 4.69) is 4.98 Å². The molecule has 21 heavy (non-hydrogen) atoms. The molecule has 0 aliphatic heterocycles. The second-order valence-corrected chi connectivity index (χ2v) is 5.12. The first-order valence-corrected chi connectivity index (χ1v) is 6.83. The summed E-state index contributed by atoms with van der Waals surface area (Å²) < 4.78 is 15.0. The lowest BCUT2D eigenvalue weighted by Crippen LogP contribution is -2.03. The minimum Gasteiger partial charge on any atom is -0.383 e. The third-order valence-electron chi connectivity index (χ3n) is 3.26. The van der Waals surface area contributed by atoms with E-state index in [1.54, 1.807) is 12.4 Å². The molecular formula is C16H13ClFN3. The van der Waals surface area contributed by atoms with Crippen LogP contribution in [0.4, 0.5) is 10.2 Å². The van der Waals surface area contributed by atoms with Crippen LogP contribution < -0.4 is 5.73 Å². The highest BCUT2D eigenvalue weighted by atomic mass is 35.5. The Morgan fingerprint density at radius 1 is 1.14 bits per heavy atom. The Bertz CT molecular complexity index is 768. The molecule has 0 aliphatic carbocycles. The average molecular weight is 302 g/mol. The van der Waals surface area contributed by atoms with Crippen LogP contribution in [0.3, 0.4) is 0 Å². The minimum atomic E-state index is -0.383. The van der Waals surface area contributed by atoms with Crippen molar-refractivity contribution in [2.24, 2.45) is 0 Å². The van der Waals surface area contributed by atoms with Crippen molar-refractivity contribution in [3.05, 3.63) is 71.3 Å². The standard InChI is InChI=1S/C16H13ClFN3/c17-14-8-12(18)6-7-13(14)15-16(19)21(10-20-15)9-11-4-2-1-3-5-11/h1-8,10H,9,19H2. The first kappa shape index (κ1) is 13.6. The smallest absolute Gasteiger partial charge is 0.131 e. The highest BCUT2D eigenvalue weighted by Gasteiger charge is 2.13. The molecule has 2 N–H and O–H groups in total. The Morgan fingerprint density at radius 3 is 2.62 bits per heavy atom. The first-order valence-electron chi connectivity index (χ1n) is 6.45. The van der Waals surface area contributed by atoms with Gasteiger partial charge in [-0.1, -0.05) is 41.9 Å². The van der Waals surface area contributed by atoms with Crippen molar-refractivity contribution in [3.63, 3.8) is 0 Å². The number of imidazole rings is 1. The van der Waals surface area contributed by atoms with E-state index in [0.717, 1.165) is 5.56 Å². The van der Waals surface area contributed by atoms with E-state index in [4.69, 9.17) is 17.3 Å². The maximum absolute atomic E-state index is 13.1. The van der Waals surface area contributed by atoms with Gasteiger partial charge in [0.25, 0.3) is 0 Å². The summed E-state index contributed by atoms with van der Waals surface area (Å²) in [5.74, 6) is 0.124. The van der Waals surface area contributed by atoms with E-state index in [-0.39, 0.29) is 5.82 Å². The van der Waals surface area contributed by atoms with Gasteiger partial charge in [-0.15, -0.1) is 0 Å². The maximum Gasteiger partial charge on any atom is 0.131 e. The van der Waals surface area contributed by atoms with Crippen LogP contribution in [0.5, 0.6) is 0 Å². The van der Waals surface area contributed by atoms with Gasteiger partial charge >= 0.3 is 0 Å². The Kier molecular flexibility index (Phi) is 3.62. The molecule has 0 bridgehead atoms. The van der Waals surface area contributed by atoms with Gasteiger partial charge in [0.15, 0.2) is 0 Å². The molecule has 2 aromatic carbocycles. The van der Waals surface area contributed by atoms with E-state index in [1.807, 2.05) is 34.9 Å². The summed E-state index contributed by atoms with van der Waals surface area (Å²) in [5.41, 5.74) is 8.45. The molecule has 0 spiro atoms. The number of rotatable bonds is 3. The van der Waals surface area contributed by atoms with Crippen molar-refractivity contribution in [1.82, 2.24) is 9.55 Å². The van der Waals surface area contributed by atoms with Gasteiger partial charge in [0.2, 0.25) is 0 Å². The molecule has 3 aromatic rings. The van der Waals surface area contributed by atoms with Crippen LogP contribution in [-0.2, 0) is 6.54 Å². The van der Waals surface area contributed by atoms with Crippen molar-refractivity contribution in [2.45, 2.75) is 6.54 Å². The summed E-state index contributed by atoms with van der Waals surface area (Å²) >= 11 is 6.06. The van der Waals surface area contributed by atoms with E-state index < -0.39 is 0 Å². The average Bonchev–Trinajstić information content (AvgIpc) is 2.82. The molecule has 3 rings (SSSR count). The second-order valence-electron chi connectivity index (χ2n) is 4.72. The number of hydrogen-bond acceptors (Lipinski definition) is 2. The third-order valence-corrected chi connectivity index (χ3v) is 3.57. The fraction of sp³-hybridized carbons (Fsp3) is 0.0625.